The number of pyridine rings is 1. The number of carbonyl (C=O) groups excluding carboxylic acids is 1. The van der Waals surface area contributed by atoms with Gasteiger partial charge >= 0.3 is 0 Å². The highest BCUT2D eigenvalue weighted by Crippen LogP contribution is 2.23. The van der Waals surface area contributed by atoms with Crippen molar-refractivity contribution in [3.63, 3.8) is 0 Å². The van der Waals surface area contributed by atoms with Crippen LogP contribution in [0.2, 0.25) is 0 Å². The van der Waals surface area contributed by atoms with Crippen LogP contribution in [-0.4, -0.2) is 42.4 Å². The lowest BCUT2D eigenvalue weighted by molar-refractivity contribution is 0.0474. The summed E-state index contributed by atoms with van der Waals surface area (Å²) in [6.07, 6.45) is 2.44. The highest BCUT2D eigenvalue weighted by atomic mass is 127. The van der Waals surface area contributed by atoms with Gasteiger partial charge in [-0.3, -0.25) is 9.78 Å². The largest absolute Gasteiger partial charge is 0.394 e. The van der Waals surface area contributed by atoms with Crippen LogP contribution >= 0.6 is 22.6 Å². The molecule has 0 unspecified atom stereocenters. The third-order valence-corrected chi connectivity index (χ3v) is 3.96. The van der Waals surface area contributed by atoms with Gasteiger partial charge in [-0.25, -0.2) is 4.39 Å². The Morgan fingerprint density at radius 1 is 1.42 bits per heavy atom. The van der Waals surface area contributed by atoms with Crippen LogP contribution in [0.4, 0.5) is 15.8 Å². The molecule has 0 bridgehead atoms. The van der Waals surface area contributed by atoms with E-state index in [0.29, 0.717) is 11.3 Å². The van der Waals surface area contributed by atoms with Crippen LogP contribution in [0.1, 0.15) is 10.4 Å². The lowest BCUT2D eigenvalue weighted by Gasteiger charge is -2.15. The molecule has 0 spiro atoms. The van der Waals surface area contributed by atoms with Crippen LogP contribution in [0.25, 0.3) is 0 Å². The number of rotatable bonds is 7. The van der Waals surface area contributed by atoms with E-state index in [1.165, 1.54) is 31.6 Å². The first-order valence-corrected chi connectivity index (χ1v) is 8.21. The van der Waals surface area contributed by atoms with Gasteiger partial charge in [-0.2, -0.15) is 0 Å². The van der Waals surface area contributed by atoms with Crippen LogP contribution in [0.3, 0.4) is 0 Å². The monoisotopic (exact) mass is 445 g/mol. The number of amides is 1. The van der Waals surface area contributed by atoms with Crippen LogP contribution in [0.15, 0.2) is 36.7 Å². The van der Waals surface area contributed by atoms with Crippen LogP contribution in [0.5, 0.6) is 0 Å². The summed E-state index contributed by atoms with van der Waals surface area (Å²) in [6, 6.07) is 6.28. The number of methoxy groups -OCH3 is 1. The number of aromatic nitrogens is 1. The number of nitrogens with zero attached hydrogens (tertiary/aromatic N) is 1. The number of anilines is 2. The Hall–Kier alpha value is -1.78. The second-order valence-corrected chi connectivity index (χ2v) is 6.17. The van der Waals surface area contributed by atoms with Crippen LogP contribution < -0.4 is 10.6 Å². The molecule has 0 aliphatic carbocycles. The summed E-state index contributed by atoms with van der Waals surface area (Å²) in [4.78, 5) is 16.3. The van der Waals surface area contributed by atoms with E-state index in [0.717, 1.165) is 3.57 Å². The molecule has 8 heteroatoms. The molecule has 0 saturated carbocycles. The summed E-state index contributed by atoms with van der Waals surface area (Å²) >= 11 is 2.02. The molecule has 128 valence electrons. The lowest BCUT2D eigenvalue weighted by atomic mass is 10.2. The van der Waals surface area contributed by atoms with E-state index in [1.807, 2.05) is 22.6 Å². The summed E-state index contributed by atoms with van der Waals surface area (Å²) in [7, 11) is 1.45. The number of ether oxygens (including phenoxy) is 1. The van der Waals surface area contributed by atoms with Gasteiger partial charge in [0.2, 0.25) is 0 Å². The molecule has 3 N–H and O–H groups in total. The number of hydrogen-bond acceptors (Lipinski definition) is 5. The van der Waals surface area contributed by atoms with Crippen molar-refractivity contribution in [2.75, 3.05) is 25.6 Å². The van der Waals surface area contributed by atoms with Crippen molar-refractivity contribution >= 4 is 39.9 Å². The first-order chi connectivity index (χ1) is 11.5. The Balaban J connectivity index is 2.16. The third kappa shape index (κ3) is 4.86. The fourth-order valence-electron chi connectivity index (χ4n) is 1.95. The molecule has 1 aromatic carbocycles. The molecule has 24 heavy (non-hydrogen) atoms. The molecular weight excluding hydrogens is 428 g/mol. The predicted octanol–water partition coefficient (Wildman–Crippen LogP) is 2.31. The van der Waals surface area contributed by atoms with Crippen molar-refractivity contribution in [2.45, 2.75) is 6.10 Å². The van der Waals surface area contributed by atoms with E-state index in [2.05, 4.69) is 15.6 Å². The third-order valence-electron chi connectivity index (χ3n) is 3.29. The minimum Gasteiger partial charge on any atom is -0.394 e. The molecule has 1 heterocycles. The maximum atomic E-state index is 14.0. The first-order valence-electron chi connectivity index (χ1n) is 7.13. The van der Waals surface area contributed by atoms with Gasteiger partial charge in [0.25, 0.3) is 5.91 Å². The van der Waals surface area contributed by atoms with Gasteiger partial charge in [0.05, 0.1) is 35.8 Å². The van der Waals surface area contributed by atoms with Crippen LogP contribution in [-0.2, 0) is 4.74 Å². The first kappa shape index (κ1) is 18.6. The summed E-state index contributed by atoms with van der Waals surface area (Å²) in [6.45, 7) is -0.0441. The standard InChI is InChI=1S/C16H17FIN3O3/c1-24-11(9-22)7-20-16(23)12-4-5-19-8-15(12)21-14-3-2-10(18)6-13(14)17/h2-6,8,11,21-22H,7,9H2,1H3,(H,20,23)/t11-/m0/s1. The van der Waals surface area contributed by atoms with E-state index in [1.54, 1.807) is 12.1 Å². The smallest absolute Gasteiger partial charge is 0.253 e. The Labute approximate surface area is 152 Å². The Bertz CT molecular complexity index is 711. The number of aliphatic hydroxyl groups excluding tert-OH is 1. The second kappa shape index (κ2) is 8.90. The van der Waals surface area contributed by atoms with Crippen molar-refractivity contribution in [1.82, 2.24) is 10.3 Å². The molecule has 2 aromatic rings. The number of nitrogens with one attached hydrogen (secondary N) is 2. The van der Waals surface area contributed by atoms with Crippen LogP contribution in [0, 0.1) is 9.39 Å². The van der Waals surface area contributed by atoms with E-state index in [-0.39, 0.29) is 24.7 Å². The van der Waals surface area contributed by atoms with Crippen molar-refractivity contribution in [1.29, 1.82) is 0 Å². The molecule has 0 fully saturated rings. The molecular formula is C16H17FIN3O3. The zero-order valence-electron chi connectivity index (χ0n) is 12.9. The van der Waals surface area contributed by atoms with E-state index >= 15 is 0 Å². The molecule has 1 aromatic heterocycles. The van der Waals surface area contributed by atoms with E-state index in [9.17, 15) is 9.18 Å². The van der Waals surface area contributed by atoms with Gasteiger partial charge in [0.15, 0.2) is 0 Å². The Kier molecular flexibility index (Phi) is 6.88. The molecule has 1 amide bonds. The second-order valence-electron chi connectivity index (χ2n) is 4.92. The number of carbonyl (C=O) groups is 1. The molecule has 6 nitrogen and oxygen atoms in total. The molecule has 1 atom stereocenters. The maximum Gasteiger partial charge on any atom is 0.253 e. The average molecular weight is 445 g/mol. The Morgan fingerprint density at radius 2 is 2.21 bits per heavy atom. The van der Waals surface area contributed by atoms with Gasteiger partial charge in [-0.1, -0.05) is 0 Å². The number of halogens is 2. The van der Waals surface area contributed by atoms with Crippen molar-refractivity contribution in [3.8, 4) is 0 Å². The summed E-state index contributed by atoms with van der Waals surface area (Å²) in [5.74, 6) is -0.793. The minimum absolute atomic E-state index is 0.158. The van der Waals surface area contributed by atoms with Crippen molar-refractivity contribution in [3.05, 3.63) is 51.6 Å². The highest BCUT2D eigenvalue weighted by molar-refractivity contribution is 14.1. The summed E-state index contributed by atoms with van der Waals surface area (Å²) in [5.41, 5.74) is 0.950. The van der Waals surface area contributed by atoms with E-state index in [4.69, 9.17) is 9.84 Å². The maximum absolute atomic E-state index is 14.0. The normalized spacial score (nSPS) is 11.8. The zero-order valence-corrected chi connectivity index (χ0v) is 15.1. The number of hydrogen-bond donors (Lipinski definition) is 3. The molecule has 0 saturated heterocycles. The number of aliphatic hydroxyl groups is 1. The summed E-state index contributed by atoms with van der Waals surface area (Å²) in [5, 5.41) is 14.6. The van der Waals surface area contributed by atoms with Gasteiger partial charge < -0.3 is 20.5 Å². The summed E-state index contributed by atoms with van der Waals surface area (Å²) < 4.78 is 19.8. The highest BCUT2D eigenvalue weighted by Gasteiger charge is 2.15. The predicted molar refractivity (Wildman–Crippen MR) is 96.9 cm³/mol. The van der Waals surface area contributed by atoms with Gasteiger partial charge in [-0.15, -0.1) is 0 Å². The molecule has 0 radical (unpaired) electrons. The quantitative estimate of drug-likeness (QED) is 0.570. The fraction of sp³-hybridized carbons (Fsp3) is 0.250. The van der Waals surface area contributed by atoms with E-state index < -0.39 is 11.9 Å². The molecule has 0 aliphatic heterocycles. The number of benzene rings is 1. The van der Waals surface area contributed by atoms with Gasteiger partial charge in [0, 0.05) is 23.4 Å². The molecule has 2 rings (SSSR count). The lowest BCUT2D eigenvalue weighted by Crippen LogP contribution is -2.35. The topological polar surface area (TPSA) is 83.5 Å². The zero-order chi connectivity index (χ0) is 17.5. The van der Waals surface area contributed by atoms with Gasteiger partial charge in [0.1, 0.15) is 5.82 Å². The SMILES string of the molecule is CO[C@H](CO)CNC(=O)c1ccncc1Nc1ccc(I)cc1F. The minimum atomic E-state index is -0.485. The van der Waals surface area contributed by atoms with Gasteiger partial charge in [-0.05, 0) is 46.9 Å². The molecule has 0 aliphatic rings. The Morgan fingerprint density at radius 3 is 2.88 bits per heavy atom. The van der Waals surface area contributed by atoms with Crippen molar-refractivity contribution in [2.24, 2.45) is 0 Å². The fourth-order valence-corrected chi connectivity index (χ4v) is 2.41. The average Bonchev–Trinajstić information content (AvgIpc) is 2.58. The van der Waals surface area contributed by atoms with Crippen molar-refractivity contribution < 1.29 is 19.0 Å².